The fourth-order valence-corrected chi connectivity index (χ4v) is 4.70. The molecule has 2 aromatic rings. The zero-order valence-electron chi connectivity index (χ0n) is 19.2. The maximum atomic E-state index is 13.1. The number of carbonyl (C=O) groups excluding carboxylic acids is 1. The van der Waals surface area contributed by atoms with Gasteiger partial charge in [0.05, 0.1) is 5.56 Å². The van der Waals surface area contributed by atoms with Gasteiger partial charge in [0.1, 0.15) is 5.82 Å². The van der Waals surface area contributed by atoms with Gasteiger partial charge in [-0.25, -0.2) is 4.79 Å². The Morgan fingerprint density at radius 3 is 2.15 bits per heavy atom. The van der Waals surface area contributed by atoms with Gasteiger partial charge in [-0.2, -0.15) is 13.2 Å². The first-order chi connectivity index (χ1) is 16.1. The molecule has 34 heavy (non-hydrogen) atoms. The van der Waals surface area contributed by atoms with Crippen molar-refractivity contribution in [2.24, 2.45) is 20.0 Å². The summed E-state index contributed by atoms with van der Waals surface area (Å²) in [6, 6.07) is 6.71. The molecule has 2 saturated heterocycles. The summed E-state index contributed by atoms with van der Waals surface area (Å²) in [5, 5.41) is 0. The maximum absolute atomic E-state index is 13.1. The summed E-state index contributed by atoms with van der Waals surface area (Å²) in [5.74, 6) is 0.454. The number of anilines is 2. The van der Waals surface area contributed by atoms with Gasteiger partial charge < -0.3 is 14.7 Å². The molecular formula is C23H28F3N5O3. The average molecular weight is 480 g/mol. The van der Waals surface area contributed by atoms with Gasteiger partial charge in [0.15, 0.2) is 0 Å². The Labute approximate surface area is 194 Å². The van der Waals surface area contributed by atoms with Crippen LogP contribution in [0.3, 0.4) is 0 Å². The van der Waals surface area contributed by atoms with Crippen molar-refractivity contribution >= 4 is 17.4 Å². The molecule has 0 bridgehead atoms. The zero-order chi connectivity index (χ0) is 24.6. The Hall–Kier alpha value is -3.24. The molecule has 0 radical (unpaired) electrons. The summed E-state index contributed by atoms with van der Waals surface area (Å²) < 4.78 is 41.5. The molecule has 1 amide bonds. The lowest BCUT2D eigenvalue weighted by atomic mass is 9.95. The lowest BCUT2D eigenvalue weighted by Gasteiger charge is -2.40. The van der Waals surface area contributed by atoms with E-state index >= 15 is 0 Å². The van der Waals surface area contributed by atoms with E-state index in [4.69, 9.17) is 0 Å². The molecule has 2 aliphatic heterocycles. The van der Waals surface area contributed by atoms with Crippen LogP contribution in [0.1, 0.15) is 18.4 Å². The second-order valence-corrected chi connectivity index (χ2v) is 8.86. The number of amides is 1. The molecule has 11 heteroatoms. The van der Waals surface area contributed by atoms with Crippen LogP contribution in [0.15, 0.2) is 39.9 Å². The fraction of sp³-hybridized carbons (Fsp3) is 0.522. The molecule has 0 saturated carbocycles. The molecule has 2 fully saturated rings. The predicted octanol–water partition coefficient (Wildman–Crippen LogP) is 1.67. The van der Waals surface area contributed by atoms with Crippen LogP contribution in [0.4, 0.5) is 24.7 Å². The highest BCUT2D eigenvalue weighted by Gasteiger charge is 2.33. The van der Waals surface area contributed by atoms with Gasteiger partial charge in [0, 0.05) is 71.0 Å². The van der Waals surface area contributed by atoms with E-state index in [0.29, 0.717) is 63.6 Å². The highest BCUT2D eigenvalue weighted by atomic mass is 19.4. The van der Waals surface area contributed by atoms with E-state index < -0.39 is 11.7 Å². The summed E-state index contributed by atoms with van der Waals surface area (Å²) in [6.07, 6.45) is -3.17. The van der Waals surface area contributed by atoms with Gasteiger partial charge in [-0.3, -0.25) is 18.7 Å². The third kappa shape index (κ3) is 4.69. The molecule has 3 heterocycles. The number of alkyl halides is 3. The zero-order valence-corrected chi connectivity index (χ0v) is 19.2. The summed E-state index contributed by atoms with van der Waals surface area (Å²) in [5.41, 5.74) is -0.923. The first kappa shape index (κ1) is 23.9. The summed E-state index contributed by atoms with van der Waals surface area (Å²) in [4.78, 5) is 42.9. The molecule has 1 aromatic heterocycles. The SMILES string of the molecule is Cn1c(N2CCC(C(=O)N3CCN(c4cccc(C(F)(F)F)c4)CC3)CC2)cc(=O)n(C)c1=O. The number of piperazine rings is 1. The average Bonchev–Trinajstić information content (AvgIpc) is 2.84. The van der Waals surface area contributed by atoms with Crippen molar-refractivity contribution in [2.45, 2.75) is 19.0 Å². The third-order valence-corrected chi connectivity index (χ3v) is 6.80. The lowest BCUT2D eigenvalue weighted by molar-refractivity contribution is -0.137. The van der Waals surface area contributed by atoms with E-state index in [-0.39, 0.29) is 23.1 Å². The van der Waals surface area contributed by atoms with E-state index in [0.717, 1.165) is 16.7 Å². The van der Waals surface area contributed by atoms with Gasteiger partial charge in [-0.05, 0) is 31.0 Å². The molecule has 2 aliphatic rings. The Bertz CT molecular complexity index is 1170. The number of benzene rings is 1. The van der Waals surface area contributed by atoms with Crippen molar-refractivity contribution in [3.8, 4) is 0 Å². The smallest absolute Gasteiger partial charge is 0.368 e. The first-order valence-electron chi connectivity index (χ1n) is 11.3. The van der Waals surface area contributed by atoms with Crippen LogP contribution in [0.2, 0.25) is 0 Å². The van der Waals surface area contributed by atoms with Crippen LogP contribution in [-0.2, 0) is 25.1 Å². The van der Waals surface area contributed by atoms with E-state index in [1.54, 1.807) is 18.0 Å². The predicted molar refractivity (Wildman–Crippen MR) is 122 cm³/mol. The molecule has 184 valence electrons. The van der Waals surface area contributed by atoms with Gasteiger partial charge in [-0.15, -0.1) is 0 Å². The minimum atomic E-state index is -4.39. The third-order valence-electron chi connectivity index (χ3n) is 6.80. The molecule has 0 unspecified atom stereocenters. The van der Waals surface area contributed by atoms with Crippen molar-refractivity contribution in [3.05, 3.63) is 56.7 Å². The van der Waals surface area contributed by atoms with Crippen LogP contribution in [-0.4, -0.2) is 59.2 Å². The second-order valence-electron chi connectivity index (χ2n) is 8.86. The van der Waals surface area contributed by atoms with Crippen molar-refractivity contribution in [2.75, 3.05) is 49.1 Å². The number of nitrogens with zero attached hydrogens (tertiary/aromatic N) is 5. The number of carbonyl (C=O) groups is 1. The lowest BCUT2D eigenvalue weighted by Crippen LogP contribution is -2.52. The minimum absolute atomic E-state index is 0.0567. The largest absolute Gasteiger partial charge is 0.416 e. The number of piperidine rings is 1. The van der Waals surface area contributed by atoms with Gasteiger partial charge in [0.2, 0.25) is 5.91 Å². The molecule has 4 rings (SSSR count). The number of aromatic nitrogens is 2. The van der Waals surface area contributed by atoms with Crippen LogP contribution in [0, 0.1) is 5.92 Å². The fourth-order valence-electron chi connectivity index (χ4n) is 4.70. The topological polar surface area (TPSA) is 70.8 Å². The van der Waals surface area contributed by atoms with E-state index in [1.807, 2.05) is 9.80 Å². The monoisotopic (exact) mass is 479 g/mol. The standard InChI is InChI=1S/C23H28F3N5O3/c1-27-19(15-20(32)28(2)22(27)34)30-8-6-16(7-9-30)21(33)31-12-10-29(11-13-31)18-5-3-4-17(14-18)23(24,25)26/h3-5,14-16H,6-13H2,1-2H3. The van der Waals surface area contributed by atoms with Gasteiger partial charge in [0.25, 0.3) is 5.56 Å². The van der Waals surface area contributed by atoms with Gasteiger partial charge in [-0.1, -0.05) is 6.07 Å². The minimum Gasteiger partial charge on any atom is -0.368 e. The van der Waals surface area contributed by atoms with Crippen molar-refractivity contribution in [1.82, 2.24) is 14.0 Å². The molecule has 0 aliphatic carbocycles. The van der Waals surface area contributed by atoms with E-state index in [2.05, 4.69) is 0 Å². The highest BCUT2D eigenvalue weighted by Crippen LogP contribution is 2.32. The first-order valence-corrected chi connectivity index (χ1v) is 11.3. The van der Waals surface area contributed by atoms with Crippen LogP contribution >= 0.6 is 0 Å². The summed E-state index contributed by atoms with van der Waals surface area (Å²) in [7, 11) is 3.06. The quantitative estimate of drug-likeness (QED) is 0.670. The highest BCUT2D eigenvalue weighted by molar-refractivity contribution is 5.79. The molecule has 0 atom stereocenters. The van der Waals surface area contributed by atoms with Crippen LogP contribution in [0.5, 0.6) is 0 Å². The second kappa shape index (κ2) is 9.19. The molecule has 0 N–H and O–H groups in total. The van der Waals surface area contributed by atoms with E-state index in [1.165, 1.54) is 23.7 Å². The summed E-state index contributed by atoms with van der Waals surface area (Å²) >= 11 is 0. The van der Waals surface area contributed by atoms with E-state index in [9.17, 15) is 27.6 Å². The molecule has 0 spiro atoms. The Kier molecular flexibility index (Phi) is 6.46. The number of halogens is 3. The van der Waals surface area contributed by atoms with Crippen molar-refractivity contribution < 1.29 is 18.0 Å². The number of hydrogen-bond donors (Lipinski definition) is 0. The molecule has 8 nitrogen and oxygen atoms in total. The Balaban J connectivity index is 1.34. The van der Waals surface area contributed by atoms with Crippen LogP contribution in [0.25, 0.3) is 0 Å². The Morgan fingerprint density at radius 2 is 1.53 bits per heavy atom. The normalized spacial score (nSPS) is 17.9. The molecular weight excluding hydrogens is 451 g/mol. The summed E-state index contributed by atoms with van der Waals surface area (Å²) in [6.45, 7) is 2.97. The van der Waals surface area contributed by atoms with Crippen molar-refractivity contribution in [1.29, 1.82) is 0 Å². The molecule has 1 aromatic carbocycles. The maximum Gasteiger partial charge on any atom is 0.416 e. The van der Waals surface area contributed by atoms with Crippen molar-refractivity contribution in [3.63, 3.8) is 0 Å². The van der Waals surface area contributed by atoms with Gasteiger partial charge >= 0.3 is 11.9 Å². The number of hydrogen-bond acceptors (Lipinski definition) is 5. The Morgan fingerprint density at radius 1 is 0.882 bits per heavy atom. The number of rotatable bonds is 3. The van der Waals surface area contributed by atoms with Crippen LogP contribution < -0.4 is 21.0 Å².